The van der Waals surface area contributed by atoms with Crippen molar-refractivity contribution in [3.05, 3.63) is 103 Å². The number of rotatable bonds is 7. The van der Waals surface area contributed by atoms with E-state index in [4.69, 9.17) is 14.1 Å². The Morgan fingerprint density at radius 2 is 1.69 bits per heavy atom. The van der Waals surface area contributed by atoms with Crippen LogP contribution in [-0.4, -0.2) is 19.9 Å². The molecule has 0 saturated carbocycles. The maximum Gasteiger partial charge on any atom is 0.227 e. The third-order valence-electron chi connectivity index (χ3n) is 5.00. The first kappa shape index (κ1) is 19.6. The van der Waals surface area contributed by atoms with Gasteiger partial charge in [0.25, 0.3) is 0 Å². The summed E-state index contributed by atoms with van der Waals surface area (Å²) >= 11 is 0. The van der Waals surface area contributed by atoms with E-state index in [1.807, 2.05) is 85.1 Å². The Kier molecular flexibility index (Phi) is 5.17. The summed E-state index contributed by atoms with van der Waals surface area (Å²) in [6.07, 6.45) is 1.86. The second kappa shape index (κ2) is 8.43. The van der Waals surface area contributed by atoms with E-state index in [9.17, 15) is 5.11 Å². The van der Waals surface area contributed by atoms with Gasteiger partial charge in [-0.25, -0.2) is 4.98 Å². The van der Waals surface area contributed by atoms with Gasteiger partial charge in [-0.2, -0.15) is 5.10 Å². The van der Waals surface area contributed by atoms with Gasteiger partial charge in [-0.05, 0) is 24.3 Å². The van der Waals surface area contributed by atoms with Crippen LogP contribution in [0, 0.1) is 0 Å². The third kappa shape index (κ3) is 4.11. The molecule has 0 aliphatic carbocycles. The van der Waals surface area contributed by atoms with Crippen LogP contribution in [0.4, 0.5) is 0 Å². The molecule has 3 aromatic carbocycles. The molecular weight excluding hydrogens is 402 g/mol. The Hall–Kier alpha value is -4.32. The topological polar surface area (TPSA) is 73.3 Å². The Bertz CT molecular complexity index is 1370. The first-order chi connectivity index (χ1) is 15.7. The molecule has 32 heavy (non-hydrogen) atoms. The molecule has 0 saturated heterocycles. The minimum absolute atomic E-state index is 0.0583. The standard InChI is InChI=1S/C26H21N3O3/c1-18(30)15-29-16-21-12-13-22(14-23(21)28-29)31-17-24-25(19-8-4-2-5-9-19)32-26(27-24)20-10-6-3-7-11-20/h2-14,16,30H,1,15,17H2. The first-order valence-electron chi connectivity index (χ1n) is 10.2. The minimum atomic E-state index is 0.0583. The molecule has 5 aromatic rings. The monoisotopic (exact) mass is 423 g/mol. The molecule has 5 rings (SSSR count). The number of fused-ring (bicyclic) bond motifs is 1. The van der Waals surface area contributed by atoms with Crippen molar-refractivity contribution in [1.29, 1.82) is 0 Å². The Morgan fingerprint density at radius 3 is 2.41 bits per heavy atom. The van der Waals surface area contributed by atoms with E-state index in [1.54, 1.807) is 4.68 Å². The van der Waals surface area contributed by atoms with E-state index < -0.39 is 0 Å². The van der Waals surface area contributed by atoms with Crippen LogP contribution >= 0.6 is 0 Å². The van der Waals surface area contributed by atoms with Crippen molar-refractivity contribution < 1.29 is 14.3 Å². The van der Waals surface area contributed by atoms with Gasteiger partial charge in [0.2, 0.25) is 5.89 Å². The predicted molar refractivity (Wildman–Crippen MR) is 123 cm³/mol. The molecule has 0 spiro atoms. The highest BCUT2D eigenvalue weighted by Crippen LogP contribution is 2.31. The van der Waals surface area contributed by atoms with Gasteiger partial charge in [-0.1, -0.05) is 55.1 Å². The number of aliphatic hydroxyl groups excluding tert-OH is 1. The lowest BCUT2D eigenvalue weighted by atomic mass is 10.1. The average molecular weight is 423 g/mol. The van der Waals surface area contributed by atoms with E-state index >= 15 is 0 Å². The summed E-state index contributed by atoms with van der Waals surface area (Å²) in [5, 5.41) is 14.8. The van der Waals surface area contributed by atoms with Crippen molar-refractivity contribution in [1.82, 2.24) is 14.8 Å². The molecule has 0 amide bonds. The zero-order chi connectivity index (χ0) is 21.9. The summed E-state index contributed by atoms with van der Waals surface area (Å²) in [7, 11) is 0. The Labute approximate surface area is 185 Å². The summed E-state index contributed by atoms with van der Waals surface area (Å²) in [4.78, 5) is 4.72. The van der Waals surface area contributed by atoms with Crippen molar-refractivity contribution >= 4 is 10.9 Å². The smallest absolute Gasteiger partial charge is 0.227 e. The van der Waals surface area contributed by atoms with Crippen molar-refractivity contribution in [2.45, 2.75) is 13.2 Å². The molecule has 2 aromatic heterocycles. The highest BCUT2D eigenvalue weighted by molar-refractivity contribution is 5.79. The predicted octanol–water partition coefficient (Wildman–Crippen LogP) is 6.01. The SMILES string of the molecule is C=C(O)Cn1cc2ccc(OCc3nc(-c4ccccc4)oc3-c3ccccc3)cc2n1. The number of hydrogen-bond donors (Lipinski definition) is 1. The van der Waals surface area contributed by atoms with Crippen molar-refractivity contribution in [2.24, 2.45) is 0 Å². The largest absolute Gasteiger partial charge is 0.511 e. The molecule has 0 aliphatic rings. The van der Waals surface area contributed by atoms with E-state index in [0.717, 1.165) is 27.7 Å². The van der Waals surface area contributed by atoms with Gasteiger partial charge < -0.3 is 14.3 Å². The highest BCUT2D eigenvalue weighted by Gasteiger charge is 2.17. The van der Waals surface area contributed by atoms with Crippen LogP contribution in [-0.2, 0) is 13.2 Å². The lowest BCUT2D eigenvalue weighted by molar-refractivity contribution is 0.302. The maximum absolute atomic E-state index is 9.40. The molecule has 2 heterocycles. The normalized spacial score (nSPS) is 11.0. The van der Waals surface area contributed by atoms with Crippen LogP contribution in [0.1, 0.15) is 5.69 Å². The summed E-state index contributed by atoms with van der Waals surface area (Å²) in [6.45, 7) is 4.02. The number of allylic oxidation sites excluding steroid dienone is 1. The maximum atomic E-state index is 9.40. The average Bonchev–Trinajstić information content (AvgIpc) is 3.41. The third-order valence-corrected chi connectivity index (χ3v) is 5.00. The summed E-state index contributed by atoms with van der Waals surface area (Å²) in [6, 6.07) is 25.4. The fourth-order valence-corrected chi connectivity index (χ4v) is 3.53. The fourth-order valence-electron chi connectivity index (χ4n) is 3.53. The van der Waals surface area contributed by atoms with Crippen molar-refractivity contribution in [2.75, 3.05) is 0 Å². The zero-order valence-electron chi connectivity index (χ0n) is 17.3. The molecule has 0 fully saturated rings. The number of nitrogens with zero attached hydrogens (tertiary/aromatic N) is 3. The second-order valence-electron chi connectivity index (χ2n) is 7.43. The van der Waals surface area contributed by atoms with Gasteiger partial charge in [-0.3, -0.25) is 4.68 Å². The minimum Gasteiger partial charge on any atom is -0.511 e. The van der Waals surface area contributed by atoms with Gasteiger partial charge in [-0.15, -0.1) is 0 Å². The van der Waals surface area contributed by atoms with E-state index in [-0.39, 0.29) is 18.9 Å². The molecule has 0 radical (unpaired) electrons. The summed E-state index contributed by atoms with van der Waals surface area (Å²) < 4.78 is 13.9. The van der Waals surface area contributed by atoms with Gasteiger partial charge >= 0.3 is 0 Å². The quantitative estimate of drug-likeness (QED) is 0.325. The van der Waals surface area contributed by atoms with Gasteiger partial charge in [0.05, 0.1) is 12.1 Å². The number of oxazole rings is 1. The van der Waals surface area contributed by atoms with E-state index in [0.29, 0.717) is 17.4 Å². The van der Waals surface area contributed by atoms with E-state index in [1.165, 1.54) is 0 Å². The Balaban J connectivity index is 1.43. The van der Waals surface area contributed by atoms with Crippen LogP contribution in [0.25, 0.3) is 33.7 Å². The van der Waals surface area contributed by atoms with Crippen LogP contribution in [0.15, 0.2) is 102 Å². The molecule has 6 nitrogen and oxygen atoms in total. The molecule has 1 N–H and O–H groups in total. The molecule has 0 aliphatic heterocycles. The van der Waals surface area contributed by atoms with Crippen molar-refractivity contribution in [3.8, 4) is 28.5 Å². The number of hydrogen-bond acceptors (Lipinski definition) is 5. The lowest BCUT2D eigenvalue weighted by Gasteiger charge is -2.05. The van der Waals surface area contributed by atoms with Crippen LogP contribution in [0.5, 0.6) is 5.75 Å². The highest BCUT2D eigenvalue weighted by atomic mass is 16.5. The number of aromatic nitrogens is 3. The van der Waals surface area contributed by atoms with Crippen LogP contribution in [0.3, 0.4) is 0 Å². The Morgan fingerprint density at radius 1 is 0.969 bits per heavy atom. The molecule has 0 atom stereocenters. The second-order valence-corrected chi connectivity index (χ2v) is 7.43. The number of ether oxygens (including phenoxy) is 1. The molecule has 0 unspecified atom stereocenters. The molecule has 6 heteroatoms. The van der Waals surface area contributed by atoms with Gasteiger partial charge in [0.15, 0.2) is 5.76 Å². The molecule has 0 bridgehead atoms. The fraction of sp³-hybridized carbons (Fsp3) is 0.0769. The van der Waals surface area contributed by atoms with Gasteiger partial charge in [0.1, 0.15) is 23.8 Å². The summed E-state index contributed by atoms with van der Waals surface area (Å²) in [5.74, 6) is 1.98. The summed E-state index contributed by atoms with van der Waals surface area (Å²) in [5.41, 5.74) is 3.35. The number of benzene rings is 3. The molecular formula is C26H21N3O3. The number of aliphatic hydroxyl groups is 1. The van der Waals surface area contributed by atoms with Crippen LogP contribution < -0.4 is 4.74 Å². The van der Waals surface area contributed by atoms with E-state index in [2.05, 4.69) is 11.7 Å². The molecule has 158 valence electrons. The van der Waals surface area contributed by atoms with Crippen LogP contribution in [0.2, 0.25) is 0 Å². The first-order valence-corrected chi connectivity index (χ1v) is 10.2. The lowest BCUT2D eigenvalue weighted by Crippen LogP contribution is -1.99. The zero-order valence-corrected chi connectivity index (χ0v) is 17.3. The van der Waals surface area contributed by atoms with Crippen molar-refractivity contribution in [3.63, 3.8) is 0 Å². The van der Waals surface area contributed by atoms with Gasteiger partial charge in [0, 0.05) is 28.8 Å².